The van der Waals surface area contributed by atoms with Crippen molar-refractivity contribution in [3.63, 3.8) is 0 Å². The van der Waals surface area contributed by atoms with E-state index in [1.54, 1.807) is 0 Å². The van der Waals surface area contributed by atoms with Gasteiger partial charge in [0, 0.05) is 22.6 Å². The van der Waals surface area contributed by atoms with E-state index < -0.39 is 0 Å². The predicted octanol–water partition coefficient (Wildman–Crippen LogP) is 14.1. The summed E-state index contributed by atoms with van der Waals surface area (Å²) in [5.74, 6) is 1.61. The first kappa shape index (κ1) is 33.8. The summed E-state index contributed by atoms with van der Waals surface area (Å²) >= 11 is 0. The van der Waals surface area contributed by atoms with Crippen molar-refractivity contribution in [2.75, 3.05) is 4.90 Å². The maximum absolute atomic E-state index is 5.08. The van der Waals surface area contributed by atoms with Gasteiger partial charge in [0.25, 0.3) is 0 Å². The van der Waals surface area contributed by atoms with Crippen molar-refractivity contribution < 1.29 is 0 Å². The molecule has 3 heteroatoms. The smallest absolute Gasteiger partial charge is 0.141 e. The first-order valence-electron chi connectivity index (χ1n) is 19.9. The third kappa shape index (κ3) is 6.46. The highest BCUT2D eigenvalue weighted by molar-refractivity contribution is 5.82. The molecule has 7 aromatic rings. The fourth-order valence-corrected chi connectivity index (χ4v) is 8.65. The molecule has 1 heterocycles. The monoisotopic (exact) mass is 721 g/mol. The summed E-state index contributed by atoms with van der Waals surface area (Å²) in [6.07, 6.45) is 22.6. The average molecular weight is 722 g/mol. The Balaban J connectivity index is 0.868. The number of anilines is 2. The molecule has 2 unspecified atom stereocenters. The van der Waals surface area contributed by atoms with Crippen LogP contribution in [0.1, 0.15) is 31.7 Å². The number of benzene rings is 6. The second-order valence-corrected chi connectivity index (χ2v) is 15.0. The van der Waals surface area contributed by atoms with Gasteiger partial charge < -0.3 is 9.47 Å². The zero-order valence-corrected chi connectivity index (χ0v) is 31.4. The van der Waals surface area contributed by atoms with Crippen LogP contribution in [0, 0.1) is 5.92 Å². The molecular formula is C53H43N3. The standard InChI is InChI=1S/C53H43N3/c1-3-14-46(15-4-1)55(51-21-11-13-44-12-7-8-18-49(44)51)48-36-34-43(35-37-48)41-28-26-39(27-29-41)38-22-24-40(25-23-38)42-30-32-45(33-31-42)53-54-50-19-9-10-20-52(50)56(53)47-16-5-2-6-17-47/h1-6,8-11,14-16,18-37,44,47H,7,12-13,17H2. The van der Waals surface area contributed by atoms with Gasteiger partial charge in [0.15, 0.2) is 0 Å². The van der Waals surface area contributed by atoms with E-state index >= 15 is 0 Å². The van der Waals surface area contributed by atoms with Gasteiger partial charge in [-0.2, -0.15) is 0 Å². The molecular weight excluding hydrogens is 679 g/mol. The molecule has 3 nitrogen and oxygen atoms in total. The SMILES string of the molecule is C1=CCC(n2c(-c3ccc(-c4ccc(-c5ccc(-c6ccc(N(C7=C8C=CCCC8CC=C7)c7ccccc7)cc6)cc5)cc4)cc3)nc3ccccc32)C=C1. The molecule has 0 N–H and O–H groups in total. The van der Waals surface area contributed by atoms with Crippen molar-refractivity contribution in [3.05, 3.63) is 212 Å². The van der Waals surface area contributed by atoms with E-state index in [0.29, 0.717) is 5.92 Å². The third-order valence-electron chi connectivity index (χ3n) is 11.6. The van der Waals surface area contributed by atoms with Crippen molar-refractivity contribution in [2.45, 2.75) is 31.7 Å². The van der Waals surface area contributed by atoms with Gasteiger partial charge in [-0.1, -0.05) is 158 Å². The fraction of sp³-hybridized carbons (Fsp3) is 0.113. The Morgan fingerprint density at radius 1 is 0.500 bits per heavy atom. The van der Waals surface area contributed by atoms with Crippen LogP contribution in [0.2, 0.25) is 0 Å². The quantitative estimate of drug-likeness (QED) is 0.156. The molecule has 0 saturated carbocycles. The van der Waals surface area contributed by atoms with E-state index in [1.807, 2.05) is 0 Å². The molecule has 0 bridgehead atoms. The largest absolute Gasteiger partial charge is 0.317 e. The van der Waals surface area contributed by atoms with Crippen LogP contribution in [0.3, 0.4) is 0 Å². The number of rotatable bonds is 8. The first-order valence-corrected chi connectivity index (χ1v) is 19.9. The van der Waals surface area contributed by atoms with Gasteiger partial charge in [-0.05, 0) is 113 Å². The number of allylic oxidation sites excluding steroid dienone is 9. The third-order valence-corrected chi connectivity index (χ3v) is 11.6. The second-order valence-electron chi connectivity index (χ2n) is 15.0. The van der Waals surface area contributed by atoms with E-state index in [-0.39, 0.29) is 6.04 Å². The Kier molecular flexibility index (Phi) is 8.97. The number of nitrogens with zero attached hydrogens (tertiary/aromatic N) is 3. The topological polar surface area (TPSA) is 21.1 Å². The number of fused-ring (bicyclic) bond motifs is 2. The van der Waals surface area contributed by atoms with Crippen molar-refractivity contribution in [1.82, 2.24) is 9.55 Å². The summed E-state index contributed by atoms with van der Waals surface area (Å²) in [7, 11) is 0. The number of imidazole rings is 1. The van der Waals surface area contributed by atoms with Gasteiger partial charge in [-0.3, -0.25) is 0 Å². The normalized spacial score (nSPS) is 17.4. The maximum atomic E-state index is 5.08. The van der Waals surface area contributed by atoms with Crippen LogP contribution in [0.5, 0.6) is 0 Å². The van der Waals surface area contributed by atoms with E-state index in [9.17, 15) is 0 Å². The fourth-order valence-electron chi connectivity index (χ4n) is 8.65. The summed E-state index contributed by atoms with van der Waals surface area (Å²) in [4.78, 5) is 7.50. The molecule has 6 aromatic carbocycles. The Labute approximate surface area is 329 Å². The Morgan fingerprint density at radius 3 is 1.70 bits per heavy atom. The number of aromatic nitrogens is 2. The summed E-state index contributed by atoms with van der Waals surface area (Å²) in [5, 5.41) is 0. The van der Waals surface area contributed by atoms with Crippen LogP contribution < -0.4 is 4.90 Å². The molecule has 3 aliphatic rings. The van der Waals surface area contributed by atoms with Gasteiger partial charge in [0.2, 0.25) is 0 Å². The van der Waals surface area contributed by atoms with Crippen molar-refractivity contribution in [3.8, 4) is 44.8 Å². The zero-order chi connectivity index (χ0) is 37.3. The van der Waals surface area contributed by atoms with Crippen molar-refractivity contribution in [1.29, 1.82) is 0 Å². The van der Waals surface area contributed by atoms with Crippen LogP contribution in [0.4, 0.5) is 11.4 Å². The molecule has 2 atom stereocenters. The van der Waals surface area contributed by atoms with E-state index in [4.69, 9.17) is 4.98 Å². The van der Waals surface area contributed by atoms with Crippen LogP contribution >= 0.6 is 0 Å². The summed E-state index contributed by atoms with van der Waals surface area (Å²) in [5.41, 5.74) is 15.6. The minimum atomic E-state index is 0.255. The van der Waals surface area contributed by atoms with E-state index in [2.05, 4.69) is 210 Å². The predicted molar refractivity (Wildman–Crippen MR) is 235 cm³/mol. The first-order chi connectivity index (χ1) is 27.8. The van der Waals surface area contributed by atoms with Crippen LogP contribution in [0.25, 0.3) is 55.8 Å². The molecule has 0 fully saturated rings. The minimum absolute atomic E-state index is 0.255. The highest BCUT2D eigenvalue weighted by Crippen LogP contribution is 2.41. The molecule has 270 valence electrons. The zero-order valence-electron chi connectivity index (χ0n) is 31.4. The lowest BCUT2D eigenvalue weighted by Crippen LogP contribution is -2.22. The Bertz CT molecular complexity index is 2650. The lowest BCUT2D eigenvalue weighted by Gasteiger charge is -2.33. The summed E-state index contributed by atoms with van der Waals surface area (Å²) in [6, 6.07) is 55.2. The number of hydrogen-bond donors (Lipinski definition) is 0. The minimum Gasteiger partial charge on any atom is -0.317 e. The molecule has 0 radical (unpaired) electrons. The molecule has 56 heavy (non-hydrogen) atoms. The number of hydrogen-bond acceptors (Lipinski definition) is 2. The van der Waals surface area contributed by atoms with Crippen LogP contribution in [-0.4, -0.2) is 9.55 Å². The Morgan fingerprint density at radius 2 is 1.07 bits per heavy atom. The van der Waals surface area contributed by atoms with Gasteiger partial charge in [0.05, 0.1) is 17.1 Å². The summed E-state index contributed by atoms with van der Waals surface area (Å²) in [6.45, 7) is 0. The molecule has 0 saturated heterocycles. The van der Waals surface area contributed by atoms with Crippen molar-refractivity contribution >= 4 is 22.4 Å². The highest BCUT2D eigenvalue weighted by Gasteiger charge is 2.25. The van der Waals surface area contributed by atoms with Gasteiger partial charge in [-0.15, -0.1) is 0 Å². The van der Waals surface area contributed by atoms with Crippen molar-refractivity contribution in [2.24, 2.45) is 5.92 Å². The average Bonchev–Trinajstić information content (AvgIpc) is 3.68. The van der Waals surface area contributed by atoms with E-state index in [1.165, 1.54) is 68.0 Å². The van der Waals surface area contributed by atoms with Gasteiger partial charge >= 0.3 is 0 Å². The number of para-hydroxylation sites is 3. The highest BCUT2D eigenvalue weighted by atomic mass is 15.1. The molecule has 0 amide bonds. The second kappa shape index (κ2) is 14.8. The molecule has 0 spiro atoms. The van der Waals surface area contributed by atoms with Crippen LogP contribution in [0.15, 0.2) is 212 Å². The maximum Gasteiger partial charge on any atom is 0.141 e. The summed E-state index contributed by atoms with van der Waals surface area (Å²) < 4.78 is 2.38. The molecule has 10 rings (SSSR count). The molecule has 0 aliphatic heterocycles. The molecule has 3 aliphatic carbocycles. The van der Waals surface area contributed by atoms with Gasteiger partial charge in [0.1, 0.15) is 5.82 Å². The Hall–Kier alpha value is -6.71. The molecule has 1 aromatic heterocycles. The van der Waals surface area contributed by atoms with Gasteiger partial charge in [-0.25, -0.2) is 4.98 Å². The van der Waals surface area contributed by atoms with Crippen LogP contribution in [-0.2, 0) is 0 Å². The lowest BCUT2D eigenvalue weighted by atomic mass is 9.82. The lowest BCUT2D eigenvalue weighted by molar-refractivity contribution is 0.559. The van der Waals surface area contributed by atoms with E-state index in [0.717, 1.165) is 36.2 Å².